The molecule has 0 N–H and O–H groups in total. The van der Waals surface area contributed by atoms with Crippen molar-refractivity contribution in [1.82, 2.24) is 9.21 Å². The lowest BCUT2D eigenvalue weighted by molar-refractivity contribution is -0.0255. The van der Waals surface area contributed by atoms with Crippen LogP contribution in [0.1, 0.15) is 30.8 Å². The first-order chi connectivity index (χ1) is 11.5. The topological polar surface area (TPSA) is 63.0 Å². The van der Waals surface area contributed by atoms with Crippen LogP contribution < -0.4 is 0 Å². The van der Waals surface area contributed by atoms with E-state index in [1.807, 2.05) is 19.1 Å². The van der Waals surface area contributed by atoms with Crippen LogP contribution in [-0.4, -0.2) is 61.8 Å². The molecule has 1 aliphatic carbocycles. The third kappa shape index (κ3) is 3.40. The van der Waals surface area contributed by atoms with Gasteiger partial charge in [0.2, 0.25) is 10.0 Å². The first-order valence-electron chi connectivity index (χ1n) is 8.90. The zero-order chi connectivity index (χ0) is 16.7. The van der Waals surface area contributed by atoms with Crippen LogP contribution in [0.4, 0.5) is 0 Å². The van der Waals surface area contributed by atoms with E-state index in [1.165, 1.54) is 0 Å². The average Bonchev–Trinajstić information content (AvgIpc) is 3.35. The molecule has 1 aromatic rings. The smallest absolute Gasteiger partial charge is 0.217 e. The molecule has 3 heterocycles. The van der Waals surface area contributed by atoms with Gasteiger partial charge < -0.3 is 9.15 Å². The number of likely N-dealkylation sites (tertiary alicyclic amines) is 1. The Kier molecular flexibility index (Phi) is 4.45. The molecule has 0 spiro atoms. The van der Waals surface area contributed by atoms with Gasteiger partial charge in [0.15, 0.2) is 0 Å². The molecule has 1 aromatic heterocycles. The molecule has 3 fully saturated rings. The number of fused-ring (bicyclic) bond motifs is 1. The lowest BCUT2D eigenvalue weighted by Crippen LogP contribution is -2.47. The zero-order valence-electron chi connectivity index (χ0n) is 14.2. The van der Waals surface area contributed by atoms with Crippen LogP contribution in [-0.2, 0) is 21.3 Å². The quantitative estimate of drug-likeness (QED) is 0.822. The van der Waals surface area contributed by atoms with E-state index in [0.717, 1.165) is 50.4 Å². The van der Waals surface area contributed by atoms with Crippen LogP contribution in [0.5, 0.6) is 0 Å². The van der Waals surface area contributed by atoms with Gasteiger partial charge in [-0.2, -0.15) is 4.31 Å². The molecule has 7 heteroatoms. The summed E-state index contributed by atoms with van der Waals surface area (Å²) in [5.41, 5.74) is 0. The first kappa shape index (κ1) is 16.6. The highest BCUT2D eigenvalue weighted by Crippen LogP contribution is 2.33. The zero-order valence-corrected chi connectivity index (χ0v) is 15.0. The Morgan fingerprint density at radius 3 is 2.71 bits per heavy atom. The van der Waals surface area contributed by atoms with Crippen LogP contribution >= 0.6 is 0 Å². The highest BCUT2D eigenvalue weighted by Gasteiger charge is 2.43. The molecular weight excluding hydrogens is 328 g/mol. The van der Waals surface area contributed by atoms with Crippen molar-refractivity contribution >= 4 is 10.0 Å². The van der Waals surface area contributed by atoms with Crippen LogP contribution in [0.25, 0.3) is 0 Å². The van der Waals surface area contributed by atoms with Gasteiger partial charge in [-0.15, -0.1) is 0 Å². The molecule has 2 aliphatic heterocycles. The van der Waals surface area contributed by atoms with E-state index in [-0.39, 0.29) is 11.4 Å². The van der Waals surface area contributed by atoms with Gasteiger partial charge in [-0.1, -0.05) is 0 Å². The minimum atomic E-state index is -3.10. The van der Waals surface area contributed by atoms with E-state index in [0.29, 0.717) is 25.6 Å². The van der Waals surface area contributed by atoms with Gasteiger partial charge in [0.25, 0.3) is 0 Å². The molecule has 2 saturated heterocycles. The Hall–Kier alpha value is -0.890. The Balaban J connectivity index is 1.39. The SMILES string of the molecule is Cc1ccc(CN2CC[C@@H]3CN(S(=O)(=O)C4CC4)CCO[C@@H]3C2)o1. The van der Waals surface area contributed by atoms with Crippen LogP contribution in [0.15, 0.2) is 16.5 Å². The fourth-order valence-corrected chi connectivity index (χ4v) is 5.71. The van der Waals surface area contributed by atoms with Crippen LogP contribution in [0, 0.1) is 12.8 Å². The lowest BCUT2D eigenvalue weighted by atomic mass is 9.93. The molecule has 0 aromatic carbocycles. The summed E-state index contributed by atoms with van der Waals surface area (Å²) in [5.74, 6) is 2.22. The van der Waals surface area contributed by atoms with E-state index in [2.05, 4.69) is 4.90 Å². The van der Waals surface area contributed by atoms with E-state index in [9.17, 15) is 8.42 Å². The van der Waals surface area contributed by atoms with Gasteiger partial charge in [0, 0.05) is 25.6 Å². The summed E-state index contributed by atoms with van der Waals surface area (Å²) in [7, 11) is -3.10. The highest BCUT2D eigenvalue weighted by atomic mass is 32.2. The number of nitrogens with zero attached hydrogens (tertiary/aromatic N) is 2. The van der Waals surface area contributed by atoms with Gasteiger partial charge in [0.05, 0.1) is 24.5 Å². The summed E-state index contributed by atoms with van der Waals surface area (Å²) in [4.78, 5) is 2.35. The highest BCUT2D eigenvalue weighted by molar-refractivity contribution is 7.90. The second kappa shape index (κ2) is 6.44. The molecule has 0 radical (unpaired) electrons. The van der Waals surface area contributed by atoms with Crippen molar-refractivity contribution in [3.8, 4) is 0 Å². The standard InChI is InChI=1S/C17H26N2O4S/c1-13-2-3-15(23-13)11-18-7-6-14-10-19(8-9-22-17(14)12-18)24(20,21)16-4-5-16/h2-3,14,16-17H,4-12H2,1H3/t14-,17-/m1/s1. The van der Waals surface area contributed by atoms with E-state index in [1.54, 1.807) is 4.31 Å². The van der Waals surface area contributed by atoms with Gasteiger partial charge in [-0.05, 0) is 44.9 Å². The first-order valence-corrected chi connectivity index (χ1v) is 10.4. The molecular formula is C17H26N2O4S. The molecule has 0 amide bonds. The maximum Gasteiger partial charge on any atom is 0.217 e. The number of aryl methyl sites for hydroxylation is 1. The molecule has 6 nitrogen and oxygen atoms in total. The molecule has 2 atom stereocenters. The van der Waals surface area contributed by atoms with Crippen molar-refractivity contribution in [2.45, 2.75) is 44.1 Å². The normalized spacial score (nSPS) is 30.0. The maximum atomic E-state index is 12.5. The number of furan rings is 1. The lowest BCUT2D eigenvalue weighted by Gasteiger charge is -2.37. The van der Waals surface area contributed by atoms with Crippen molar-refractivity contribution in [3.05, 3.63) is 23.7 Å². The predicted octanol–water partition coefficient (Wildman–Crippen LogP) is 1.60. The van der Waals surface area contributed by atoms with Crippen molar-refractivity contribution in [3.63, 3.8) is 0 Å². The number of ether oxygens (including phenoxy) is 1. The van der Waals surface area contributed by atoms with Crippen LogP contribution in [0.3, 0.4) is 0 Å². The van der Waals surface area contributed by atoms with Gasteiger partial charge >= 0.3 is 0 Å². The maximum absolute atomic E-state index is 12.5. The number of hydrogen-bond acceptors (Lipinski definition) is 5. The molecule has 4 rings (SSSR count). The number of rotatable bonds is 4. The van der Waals surface area contributed by atoms with Crippen molar-refractivity contribution in [2.75, 3.05) is 32.8 Å². The van der Waals surface area contributed by atoms with Gasteiger partial charge in [-0.3, -0.25) is 4.90 Å². The number of sulfonamides is 1. The molecule has 0 unspecified atom stereocenters. The Morgan fingerprint density at radius 1 is 1.17 bits per heavy atom. The van der Waals surface area contributed by atoms with Crippen molar-refractivity contribution < 1.29 is 17.6 Å². The van der Waals surface area contributed by atoms with Crippen LogP contribution in [0.2, 0.25) is 0 Å². The molecule has 3 aliphatic rings. The predicted molar refractivity (Wildman–Crippen MR) is 90.1 cm³/mol. The monoisotopic (exact) mass is 354 g/mol. The fraction of sp³-hybridized carbons (Fsp3) is 0.765. The largest absolute Gasteiger partial charge is 0.465 e. The summed E-state index contributed by atoms with van der Waals surface area (Å²) in [6, 6.07) is 4.02. The second-order valence-electron chi connectivity index (χ2n) is 7.31. The third-order valence-corrected chi connectivity index (χ3v) is 7.74. The molecule has 0 bridgehead atoms. The molecule has 134 valence electrons. The summed E-state index contributed by atoms with van der Waals surface area (Å²) in [6.45, 7) is 6.19. The van der Waals surface area contributed by atoms with E-state index < -0.39 is 10.0 Å². The van der Waals surface area contributed by atoms with E-state index in [4.69, 9.17) is 9.15 Å². The number of hydrogen-bond donors (Lipinski definition) is 0. The Labute approximate surface area is 143 Å². The van der Waals surface area contributed by atoms with Gasteiger partial charge in [0.1, 0.15) is 11.5 Å². The van der Waals surface area contributed by atoms with Gasteiger partial charge in [-0.25, -0.2) is 8.42 Å². The minimum absolute atomic E-state index is 0.120. The molecule has 1 saturated carbocycles. The molecule has 24 heavy (non-hydrogen) atoms. The van der Waals surface area contributed by atoms with E-state index >= 15 is 0 Å². The Morgan fingerprint density at radius 2 is 2.00 bits per heavy atom. The fourth-order valence-electron chi connectivity index (χ4n) is 3.83. The summed E-state index contributed by atoms with van der Waals surface area (Å²) in [6.07, 6.45) is 2.74. The third-order valence-electron chi connectivity index (χ3n) is 5.37. The minimum Gasteiger partial charge on any atom is -0.465 e. The average molecular weight is 354 g/mol. The summed E-state index contributed by atoms with van der Waals surface area (Å²) in [5, 5.41) is -0.128. The second-order valence-corrected chi connectivity index (χ2v) is 9.52. The van der Waals surface area contributed by atoms with Crippen molar-refractivity contribution in [1.29, 1.82) is 0 Å². The summed E-state index contributed by atoms with van der Waals surface area (Å²) >= 11 is 0. The summed E-state index contributed by atoms with van der Waals surface area (Å²) < 4.78 is 38.5. The Bertz CT molecular complexity index is 683. The number of piperidine rings is 1. The van der Waals surface area contributed by atoms with Crippen molar-refractivity contribution in [2.24, 2.45) is 5.92 Å².